The molecule has 15 nitrogen and oxygen atoms in total. The number of aromatic nitrogens is 3. The molecule has 4 aliphatic rings. The number of hydrogen-bond donors (Lipinski definition) is 3. The Bertz CT molecular complexity index is 2670. The highest BCUT2D eigenvalue weighted by Crippen LogP contribution is 2.49. The quantitative estimate of drug-likeness (QED) is 0.0758. The van der Waals surface area contributed by atoms with Gasteiger partial charge in [-0.3, -0.25) is 19.8 Å². The molecule has 1 saturated carbocycles. The molecule has 17 heteroatoms. The van der Waals surface area contributed by atoms with Gasteiger partial charge in [-0.1, -0.05) is 44.5 Å². The molecule has 4 fully saturated rings. The molecule has 3 aliphatic heterocycles. The van der Waals surface area contributed by atoms with Crippen LogP contribution >= 0.6 is 0 Å². The summed E-state index contributed by atoms with van der Waals surface area (Å²) in [7, 11) is -4.66. The fraction of sp³-hybridized carbons (Fsp3) is 0.468. The smallest absolute Gasteiger partial charge is 0.312 e. The van der Waals surface area contributed by atoms with E-state index in [4.69, 9.17) is 9.47 Å². The van der Waals surface area contributed by atoms with Crippen LogP contribution in [0.3, 0.4) is 0 Å². The van der Waals surface area contributed by atoms with E-state index in [9.17, 15) is 27.7 Å². The molecule has 9 rings (SSSR count). The fourth-order valence-electron chi connectivity index (χ4n) is 10.3. The first-order valence-electron chi connectivity index (χ1n) is 22.3. The minimum atomic E-state index is -4.66. The number of H-pyrrole nitrogens is 1. The number of benzene rings is 2. The predicted octanol–water partition coefficient (Wildman–Crippen LogP) is 8.43. The summed E-state index contributed by atoms with van der Waals surface area (Å²) >= 11 is 0. The molecule has 1 spiro atoms. The van der Waals surface area contributed by atoms with Gasteiger partial charge in [0.1, 0.15) is 27.9 Å². The number of aromatic amines is 1. The first-order chi connectivity index (χ1) is 30.8. The Hall–Kier alpha value is -5.65. The lowest BCUT2D eigenvalue weighted by Gasteiger charge is -2.57. The zero-order valence-electron chi connectivity index (χ0n) is 36.4. The number of anilines is 2. The number of hydrogen-bond acceptors (Lipinski definition) is 12. The Balaban J connectivity index is 0.925. The van der Waals surface area contributed by atoms with Gasteiger partial charge in [0, 0.05) is 76.0 Å². The first kappa shape index (κ1) is 43.6. The summed E-state index contributed by atoms with van der Waals surface area (Å²) in [4.78, 5) is 41.1. The lowest BCUT2D eigenvalue weighted by molar-refractivity contribution is -0.384. The predicted molar refractivity (Wildman–Crippen MR) is 241 cm³/mol. The number of likely N-dealkylation sites (tertiary alicyclic amines) is 1. The summed E-state index contributed by atoms with van der Waals surface area (Å²) in [6.45, 7) is 11.6. The standard InChI is InChI=1S/C47H55FN8O7S/c1-29(2)34-7-4-5-8-35(34)36-9-6-10-40(36)55-27-47(28-55)15-17-54(18-16-47)32-11-12-37(43(21-32)63-42-23-38-39(48)26-51-44(38)52-30(42)3)46(57)53-64(60,61)33-22-41(56(58)59)45(50-25-33)49-24-31-13-19-62-20-14-31/h4-5,7-8,11-12,21-23,25-26,29,31,36,40H,6,9-10,13-20,24,27-28H2,1-3H3,(H,49,50)(H,51,52)(H,53,57)/t36-,40-/m0/s1. The first-order valence-corrected chi connectivity index (χ1v) is 23.8. The number of carbonyl (C=O) groups excluding carboxylic acids is 1. The Morgan fingerprint density at radius 1 is 1.06 bits per heavy atom. The van der Waals surface area contributed by atoms with Crippen LogP contribution in [0, 0.1) is 34.2 Å². The molecular formula is C47H55FN8O7S. The van der Waals surface area contributed by atoms with Gasteiger partial charge >= 0.3 is 5.69 Å². The summed E-state index contributed by atoms with van der Waals surface area (Å²) in [6, 6.07) is 16.9. The van der Waals surface area contributed by atoms with Crippen LogP contribution in [0.1, 0.15) is 97.8 Å². The van der Waals surface area contributed by atoms with Crippen molar-refractivity contribution in [3.8, 4) is 11.5 Å². The average molecular weight is 895 g/mol. The van der Waals surface area contributed by atoms with Gasteiger partial charge in [0.05, 0.1) is 27.8 Å². The Morgan fingerprint density at radius 3 is 2.58 bits per heavy atom. The highest BCUT2D eigenvalue weighted by atomic mass is 32.2. The van der Waals surface area contributed by atoms with Crippen molar-refractivity contribution in [2.24, 2.45) is 11.3 Å². The number of carbonyl (C=O) groups is 1. The van der Waals surface area contributed by atoms with Gasteiger partial charge in [0.25, 0.3) is 15.9 Å². The van der Waals surface area contributed by atoms with Gasteiger partial charge in [-0.05, 0) is 97.9 Å². The lowest BCUT2D eigenvalue weighted by atomic mass is 9.70. The second kappa shape index (κ2) is 17.7. The fourth-order valence-corrected chi connectivity index (χ4v) is 11.2. The molecule has 3 N–H and O–H groups in total. The molecule has 64 heavy (non-hydrogen) atoms. The van der Waals surface area contributed by atoms with Gasteiger partial charge < -0.3 is 24.7 Å². The summed E-state index contributed by atoms with van der Waals surface area (Å²) in [5.74, 6) is -0.158. The van der Waals surface area contributed by atoms with Crippen molar-refractivity contribution in [1.82, 2.24) is 24.6 Å². The van der Waals surface area contributed by atoms with Gasteiger partial charge in [-0.15, -0.1) is 0 Å². The molecule has 2 atom stereocenters. The van der Waals surface area contributed by atoms with E-state index in [0.29, 0.717) is 49.0 Å². The van der Waals surface area contributed by atoms with Crippen molar-refractivity contribution in [3.63, 3.8) is 0 Å². The van der Waals surface area contributed by atoms with Gasteiger partial charge in [0.2, 0.25) is 5.82 Å². The molecule has 6 heterocycles. The normalized spacial score (nSPS) is 20.4. The Morgan fingerprint density at radius 2 is 1.83 bits per heavy atom. The van der Waals surface area contributed by atoms with Gasteiger partial charge in [-0.25, -0.2) is 27.5 Å². The minimum Gasteiger partial charge on any atom is -0.455 e. The number of aryl methyl sites for hydroxylation is 1. The SMILES string of the molecule is Cc1nc2[nH]cc(F)c2cc1Oc1cc(N2CCC3(CC2)CN([C@H]2CCC[C@H]2c2ccccc2C(C)C)C3)ccc1C(=O)NS(=O)(=O)c1cnc(NCC2CCOCC2)c([N+](=O)[O-])c1. The molecule has 1 aliphatic carbocycles. The largest absolute Gasteiger partial charge is 0.455 e. The zero-order chi connectivity index (χ0) is 44.8. The number of nitro groups is 1. The minimum absolute atomic E-state index is 0.0335. The number of nitrogens with one attached hydrogen (secondary N) is 3. The van der Waals surface area contributed by atoms with Crippen LogP contribution in [-0.2, 0) is 14.8 Å². The number of nitrogens with zero attached hydrogens (tertiary/aromatic N) is 5. The molecule has 1 amide bonds. The van der Waals surface area contributed by atoms with Gasteiger partial charge in [0.15, 0.2) is 0 Å². The van der Waals surface area contributed by atoms with Crippen molar-refractivity contribution in [2.45, 2.75) is 88.5 Å². The average Bonchev–Trinajstić information content (AvgIpc) is 3.91. The van der Waals surface area contributed by atoms with Crippen molar-refractivity contribution >= 4 is 44.2 Å². The van der Waals surface area contributed by atoms with Crippen molar-refractivity contribution in [1.29, 1.82) is 0 Å². The Kier molecular flexibility index (Phi) is 12.1. The van der Waals surface area contributed by atoms with E-state index in [1.54, 1.807) is 19.1 Å². The number of piperidine rings is 1. The second-order valence-corrected chi connectivity index (χ2v) is 20.0. The van der Waals surface area contributed by atoms with E-state index >= 15 is 0 Å². The van der Waals surface area contributed by atoms with E-state index in [2.05, 4.69) is 72.9 Å². The summed E-state index contributed by atoms with van der Waals surface area (Å²) < 4.78 is 55.9. The maximum atomic E-state index is 14.7. The zero-order valence-corrected chi connectivity index (χ0v) is 37.3. The van der Waals surface area contributed by atoms with Crippen molar-refractivity contribution < 1.29 is 32.0 Å². The number of halogens is 1. The summed E-state index contributed by atoms with van der Waals surface area (Å²) in [5, 5.41) is 15.2. The van der Waals surface area contributed by atoms with E-state index in [1.165, 1.54) is 48.7 Å². The monoisotopic (exact) mass is 894 g/mol. The highest BCUT2D eigenvalue weighted by Gasteiger charge is 2.49. The molecule has 0 unspecified atom stereocenters. The highest BCUT2D eigenvalue weighted by molar-refractivity contribution is 7.90. The van der Waals surface area contributed by atoms with E-state index < -0.39 is 37.3 Å². The number of amides is 1. The molecule has 5 aromatic rings. The number of pyridine rings is 2. The third kappa shape index (κ3) is 8.76. The number of rotatable bonds is 13. The van der Waals surface area contributed by atoms with E-state index in [1.807, 2.05) is 0 Å². The van der Waals surface area contributed by atoms with Crippen molar-refractivity contribution in [2.75, 3.05) is 56.2 Å². The van der Waals surface area contributed by atoms with E-state index in [0.717, 1.165) is 69.8 Å². The van der Waals surface area contributed by atoms with Crippen LogP contribution in [0.15, 0.2) is 71.9 Å². The maximum Gasteiger partial charge on any atom is 0.312 e. The topological polar surface area (TPSA) is 185 Å². The van der Waals surface area contributed by atoms with Crippen LogP contribution in [0.4, 0.5) is 21.6 Å². The molecule has 0 bridgehead atoms. The van der Waals surface area contributed by atoms with Crippen LogP contribution in [0.5, 0.6) is 11.5 Å². The molecule has 3 saturated heterocycles. The van der Waals surface area contributed by atoms with Crippen LogP contribution < -0.4 is 19.7 Å². The molecule has 3 aromatic heterocycles. The third-order valence-corrected chi connectivity index (χ3v) is 15.2. The van der Waals surface area contributed by atoms with Crippen LogP contribution in [0.2, 0.25) is 0 Å². The lowest BCUT2D eigenvalue weighted by Crippen LogP contribution is -2.63. The van der Waals surface area contributed by atoms with E-state index in [-0.39, 0.29) is 39.6 Å². The Labute approximate surface area is 372 Å². The molecule has 2 aromatic carbocycles. The van der Waals surface area contributed by atoms with Crippen LogP contribution in [-0.4, -0.2) is 91.1 Å². The number of ether oxygens (including phenoxy) is 2. The molecular weight excluding hydrogens is 840 g/mol. The summed E-state index contributed by atoms with van der Waals surface area (Å²) in [6.07, 6.45) is 9.43. The maximum absolute atomic E-state index is 14.7. The molecule has 338 valence electrons. The summed E-state index contributed by atoms with van der Waals surface area (Å²) in [5.41, 5.74) is 4.06. The third-order valence-electron chi connectivity index (χ3n) is 13.9. The van der Waals surface area contributed by atoms with Crippen LogP contribution in [0.25, 0.3) is 11.0 Å². The van der Waals surface area contributed by atoms with Crippen molar-refractivity contribution in [3.05, 3.63) is 105 Å². The molecule has 0 radical (unpaired) electrons. The second-order valence-electron chi connectivity index (χ2n) is 18.3. The number of sulfonamides is 1. The number of fused-ring (bicyclic) bond motifs is 1. The van der Waals surface area contributed by atoms with Gasteiger partial charge in [-0.2, -0.15) is 0 Å².